The molecule has 2 fully saturated rings. The molecule has 1 saturated heterocycles. The number of fused-ring (bicyclic) bond motifs is 2. The zero-order valence-corrected chi connectivity index (χ0v) is 18.8. The second-order valence-electron chi connectivity index (χ2n) is 10.4. The third kappa shape index (κ3) is 4.91. The normalized spacial score (nSPS) is 25.7. The van der Waals surface area contributed by atoms with Crippen LogP contribution in [-0.4, -0.2) is 58.2 Å². The van der Waals surface area contributed by atoms with Gasteiger partial charge in [0, 0.05) is 31.7 Å². The van der Waals surface area contributed by atoms with Gasteiger partial charge in [0.25, 0.3) is 5.91 Å². The van der Waals surface area contributed by atoms with Crippen LogP contribution in [0.25, 0.3) is 0 Å². The molecule has 3 atom stereocenters. The maximum absolute atomic E-state index is 13.2. The van der Waals surface area contributed by atoms with Crippen LogP contribution in [0.4, 0.5) is 0 Å². The second kappa shape index (κ2) is 8.14. The number of nitrogens with zero attached hydrogens (tertiary/aromatic N) is 2. The predicted octanol–water partition coefficient (Wildman–Crippen LogP) is 3.03. The predicted molar refractivity (Wildman–Crippen MR) is 115 cm³/mol. The molecule has 3 rings (SSSR count). The van der Waals surface area contributed by atoms with Crippen LogP contribution in [0, 0.1) is 10.8 Å². The molecule has 0 radical (unpaired) electrons. The Labute approximate surface area is 179 Å². The molecule has 30 heavy (non-hydrogen) atoms. The Balaban J connectivity index is 1.63. The van der Waals surface area contributed by atoms with Gasteiger partial charge in [0.15, 0.2) is 5.78 Å². The highest BCUT2D eigenvalue weighted by molar-refractivity contribution is 5.99. The van der Waals surface area contributed by atoms with E-state index < -0.39 is 11.9 Å². The lowest BCUT2D eigenvalue weighted by atomic mass is 9.65. The van der Waals surface area contributed by atoms with Crippen LogP contribution >= 0.6 is 0 Å². The molecule has 1 saturated carbocycles. The number of aliphatic hydroxyl groups is 1. The van der Waals surface area contributed by atoms with Crippen molar-refractivity contribution in [1.82, 2.24) is 9.80 Å². The van der Waals surface area contributed by atoms with E-state index in [1.807, 2.05) is 24.3 Å². The van der Waals surface area contributed by atoms with E-state index in [2.05, 4.69) is 25.7 Å². The highest BCUT2D eigenvalue weighted by Crippen LogP contribution is 2.52. The second-order valence-corrected chi connectivity index (χ2v) is 10.4. The quantitative estimate of drug-likeness (QED) is 0.726. The molecule has 164 valence electrons. The average molecular weight is 415 g/mol. The molecule has 6 heteroatoms. The van der Waals surface area contributed by atoms with Gasteiger partial charge < -0.3 is 14.9 Å². The lowest BCUT2D eigenvalue weighted by Crippen LogP contribution is -2.37. The largest absolute Gasteiger partial charge is 0.386 e. The zero-order chi connectivity index (χ0) is 22.3. The van der Waals surface area contributed by atoms with Crippen LogP contribution in [0.1, 0.15) is 69.3 Å². The van der Waals surface area contributed by atoms with Crippen LogP contribution in [0.3, 0.4) is 0 Å². The monoisotopic (exact) mass is 414 g/mol. The Kier molecular flexibility index (Phi) is 6.10. The van der Waals surface area contributed by atoms with Gasteiger partial charge in [0.05, 0.1) is 6.42 Å². The fraction of sp³-hybridized carbons (Fsp3) is 0.625. The van der Waals surface area contributed by atoms with Gasteiger partial charge in [-0.1, -0.05) is 32.9 Å². The Morgan fingerprint density at radius 1 is 1.17 bits per heavy atom. The first-order valence-electron chi connectivity index (χ1n) is 10.7. The van der Waals surface area contributed by atoms with Crippen LogP contribution in [0.15, 0.2) is 24.3 Å². The third-order valence-electron chi connectivity index (χ3n) is 6.51. The van der Waals surface area contributed by atoms with E-state index in [0.29, 0.717) is 18.2 Å². The molecule has 1 aromatic carbocycles. The Bertz CT molecular complexity index is 830. The number of carbonyl (C=O) groups excluding carboxylic acids is 3. The molecular weight excluding hydrogens is 380 g/mol. The average Bonchev–Trinajstić information content (AvgIpc) is 2.90. The van der Waals surface area contributed by atoms with Crippen LogP contribution in [0.2, 0.25) is 0 Å². The molecular formula is C24H34N2O4. The van der Waals surface area contributed by atoms with E-state index >= 15 is 0 Å². The van der Waals surface area contributed by atoms with Crippen molar-refractivity contribution in [3.8, 4) is 0 Å². The van der Waals surface area contributed by atoms with Crippen molar-refractivity contribution in [1.29, 1.82) is 0 Å². The lowest BCUT2D eigenvalue weighted by Gasteiger charge is -2.39. The summed E-state index contributed by atoms with van der Waals surface area (Å²) in [5.74, 6) is -0.735. The molecule has 2 bridgehead atoms. The maximum Gasteiger partial charge on any atom is 0.254 e. The minimum Gasteiger partial charge on any atom is -0.386 e. The fourth-order valence-corrected chi connectivity index (χ4v) is 5.41. The van der Waals surface area contributed by atoms with E-state index in [-0.39, 0.29) is 29.1 Å². The number of Topliss-reactive ketones (excluding diaryl/α,β-unsaturated/α-hetero) is 1. The van der Waals surface area contributed by atoms with Crippen molar-refractivity contribution < 1.29 is 19.5 Å². The zero-order valence-electron chi connectivity index (χ0n) is 18.8. The first-order chi connectivity index (χ1) is 13.9. The molecule has 1 aliphatic heterocycles. The molecule has 2 aliphatic rings. The number of ketones is 1. The number of benzene rings is 1. The minimum atomic E-state index is -1.13. The van der Waals surface area contributed by atoms with Crippen LogP contribution < -0.4 is 0 Å². The standard InChI is InChI=1S/C24H34N2O4/c1-16(27)20(28)10-21(29)25(5)13-17-6-8-18(9-7-17)22(30)26-15-24(4)12-19(26)11-23(2,3)14-24/h6-9,16,19,27H,10-15H2,1-5H3/t16?,19-,24?/m1/s1. The first-order valence-corrected chi connectivity index (χ1v) is 10.7. The van der Waals surface area contributed by atoms with Crippen molar-refractivity contribution in [3.05, 3.63) is 35.4 Å². The molecule has 2 amide bonds. The van der Waals surface area contributed by atoms with E-state index in [1.165, 1.54) is 11.8 Å². The van der Waals surface area contributed by atoms with Gasteiger partial charge >= 0.3 is 0 Å². The summed E-state index contributed by atoms with van der Waals surface area (Å²) in [6, 6.07) is 7.68. The van der Waals surface area contributed by atoms with Crippen molar-refractivity contribution in [2.75, 3.05) is 13.6 Å². The number of hydrogen-bond donors (Lipinski definition) is 1. The van der Waals surface area contributed by atoms with Gasteiger partial charge in [0.1, 0.15) is 6.10 Å². The molecule has 1 aliphatic carbocycles. The fourth-order valence-electron chi connectivity index (χ4n) is 5.41. The van der Waals surface area contributed by atoms with Crippen LogP contribution in [0.5, 0.6) is 0 Å². The molecule has 1 N–H and O–H groups in total. The number of aliphatic hydroxyl groups excluding tert-OH is 1. The topological polar surface area (TPSA) is 77.9 Å². The Morgan fingerprint density at radius 3 is 2.40 bits per heavy atom. The van der Waals surface area contributed by atoms with E-state index in [0.717, 1.165) is 31.4 Å². The van der Waals surface area contributed by atoms with Crippen molar-refractivity contribution in [3.63, 3.8) is 0 Å². The van der Waals surface area contributed by atoms with E-state index in [4.69, 9.17) is 0 Å². The number of rotatable bonds is 6. The van der Waals surface area contributed by atoms with Crippen molar-refractivity contribution in [2.24, 2.45) is 10.8 Å². The summed E-state index contributed by atoms with van der Waals surface area (Å²) in [6.45, 7) is 9.42. The van der Waals surface area contributed by atoms with Gasteiger partial charge in [-0.15, -0.1) is 0 Å². The summed E-state index contributed by atoms with van der Waals surface area (Å²) < 4.78 is 0. The number of amides is 2. The van der Waals surface area contributed by atoms with Crippen LogP contribution in [-0.2, 0) is 16.1 Å². The summed E-state index contributed by atoms with van der Waals surface area (Å²) in [4.78, 5) is 40.4. The van der Waals surface area contributed by atoms with Gasteiger partial charge in [-0.2, -0.15) is 0 Å². The van der Waals surface area contributed by atoms with Crippen molar-refractivity contribution in [2.45, 2.75) is 72.1 Å². The Morgan fingerprint density at radius 2 is 1.80 bits per heavy atom. The molecule has 1 aromatic rings. The molecule has 0 aromatic heterocycles. The highest BCUT2D eigenvalue weighted by Gasteiger charge is 2.50. The minimum absolute atomic E-state index is 0.0833. The number of carbonyl (C=O) groups is 3. The smallest absolute Gasteiger partial charge is 0.254 e. The summed E-state index contributed by atoms with van der Waals surface area (Å²) >= 11 is 0. The van der Waals surface area contributed by atoms with E-state index in [1.54, 1.807) is 7.05 Å². The lowest BCUT2D eigenvalue weighted by molar-refractivity contribution is -0.137. The summed E-state index contributed by atoms with van der Waals surface area (Å²) in [5, 5.41) is 9.26. The number of likely N-dealkylation sites (tertiary alicyclic amines) is 1. The van der Waals surface area contributed by atoms with Gasteiger partial charge in [-0.3, -0.25) is 14.4 Å². The Hall–Kier alpha value is -2.21. The first kappa shape index (κ1) is 22.5. The SMILES string of the molecule is CC(O)C(=O)CC(=O)N(C)Cc1ccc(C(=O)N2CC3(C)C[C@H]2CC(C)(C)C3)cc1. The highest BCUT2D eigenvalue weighted by atomic mass is 16.3. The third-order valence-corrected chi connectivity index (χ3v) is 6.51. The maximum atomic E-state index is 13.2. The number of hydrogen-bond acceptors (Lipinski definition) is 4. The molecule has 2 unspecified atom stereocenters. The summed E-state index contributed by atoms with van der Waals surface area (Å²) in [6.07, 6.45) is 1.83. The van der Waals surface area contributed by atoms with E-state index in [9.17, 15) is 19.5 Å². The molecule has 6 nitrogen and oxygen atoms in total. The van der Waals surface area contributed by atoms with Gasteiger partial charge in [-0.25, -0.2) is 0 Å². The molecule has 1 heterocycles. The van der Waals surface area contributed by atoms with Crippen molar-refractivity contribution >= 4 is 17.6 Å². The molecule has 0 spiro atoms. The van der Waals surface area contributed by atoms with Gasteiger partial charge in [0.2, 0.25) is 5.91 Å². The van der Waals surface area contributed by atoms with Gasteiger partial charge in [-0.05, 0) is 54.7 Å². The summed E-state index contributed by atoms with van der Waals surface area (Å²) in [7, 11) is 1.63. The summed E-state index contributed by atoms with van der Waals surface area (Å²) in [5.41, 5.74) is 2.03.